The molecule has 1 aliphatic rings. The number of Topliss-reactive ketones (excluding diaryl/α,β-unsaturated/α-hetero) is 1. The Balaban J connectivity index is 2.06. The fourth-order valence-corrected chi connectivity index (χ4v) is 4.22. The predicted octanol–water partition coefficient (Wildman–Crippen LogP) is 4.61. The van der Waals surface area contributed by atoms with Crippen molar-refractivity contribution in [2.45, 2.75) is 25.8 Å². The smallest absolute Gasteiger partial charge is 0.295 e. The molecule has 6 nitrogen and oxygen atoms in total. The van der Waals surface area contributed by atoms with E-state index in [4.69, 9.17) is 4.74 Å². The minimum absolute atomic E-state index is 0.102. The van der Waals surface area contributed by atoms with Gasteiger partial charge in [-0.05, 0) is 63.3 Å². The van der Waals surface area contributed by atoms with Gasteiger partial charge in [0.25, 0.3) is 11.7 Å². The molecule has 0 aromatic heterocycles. The molecule has 1 N–H and O–H groups in total. The first-order valence-electron chi connectivity index (χ1n) is 10.7. The monoisotopic (exact) mass is 500 g/mol. The van der Waals surface area contributed by atoms with Gasteiger partial charge in [0.15, 0.2) is 0 Å². The normalized spacial score (nSPS) is 17.9. The lowest BCUT2D eigenvalue weighted by molar-refractivity contribution is -0.139. The molecule has 2 aromatic carbocycles. The first kappa shape index (κ1) is 24.0. The fraction of sp³-hybridized carbons (Fsp3) is 0.360. The lowest BCUT2D eigenvalue weighted by atomic mass is 9.95. The third kappa shape index (κ3) is 5.40. The molecular weight excluding hydrogens is 472 g/mol. The van der Waals surface area contributed by atoms with Crippen molar-refractivity contribution < 1.29 is 19.4 Å². The topological polar surface area (TPSA) is 70.1 Å². The van der Waals surface area contributed by atoms with Crippen LogP contribution >= 0.6 is 15.9 Å². The van der Waals surface area contributed by atoms with Crippen molar-refractivity contribution in [2.75, 3.05) is 33.8 Å². The molecule has 1 heterocycles. The third-order valence-electron chi connectivity index (χ3n) is 5.29. The average Bonchev–Trinajstić information content (AvgIpc) is 3.02. The van der Waals surface area contributed by atoms with Crippen molar-refractivity contribution in [2.24, 2.45) is 0 Å². The van der Waals surface area contributed by atoms with Crippen LogP contribution < -0.4 is 4.74 Å². The first-order chi connectivity index (χ1) is 15.3. The average molecular weight is 501 g/mol. The van der Waals surface area contributed by atoms with Gasteiger partial charge in [0.2, 0.25) is 0 Å². The van der Waals surface area contributed by atoms with Gasteiger partial charge in [-0.3, -0.25) is 9.59 Å². The second-order valence-electron chi connectivity index (χ2n) is 8.08. The van der Waals surface area contributed by atoms with Crippen LogP contribution in [0.5, 0.6) is 5.75 Å². The summed E-state index contributed by atoms with van der Waals surface area (Å²) < 4.78 is 6.51. The lowest BCUT2D eigenvalue weighted by Gasteiger charge is -2.26. The summed E-state index contributed by atoms with van der Waals surface area (Å²) in [5, 5.41) is 11.2. The number of rotatable bonds is 9. The van der Waals surface area contributed by atoms with Crippen LogP contribution in [0.25, 0.3) is 5.76 Å². The number of carbonyl (C=O) groups excluding carboxylic acids is 2. The van der Waals surface area contributed by atoms with Crippen LogP contribution in [0.3, 0.4) is 0 Å². The summed E-state index contributed by atoms with van der Waals surface area (Å²) in [7, 11) is 3.93. The Morgan fingerprint density at radius 3 is 2.59 bits per heavy atom. The largest absolute Gasteiger partial charge is 0.507 e. The van der Waals surface area contributed by atoms with Crippen LogP contribution in [0, 0.1) is 0 Å². The summed E-state index contributed by atoms with van der Waals surface area (Å²) in [5.41, 5.74) is 1.32. The van der Waals surface area contributed by atoms with Gasteiger partial charge in [-0.1, -0.05) is 47.1 Å². The number of carbonyl (C=O) groups is 2. The zero-order chi connectivity index (χ0) is 23.3. The number of amides is 1. The highest BCUT2D eigenvalue weighted by Gasteiger charge is 2.45. The molecule has 7 heteroatoms. The minimum Gasteiger partial charge on any atom is -0.507 e. The highest BCUT2D eigenvalue weighted by Crippen LogP contribution is 2.40. The van der Waals surface area contributed by atoms with E-state index >= 15 is 0 Å². The molecule has 0 aliphatic carbocycles. The molecule has 32 heavy (non-hydrogen) atoms. The second kappa shape index (κ2) is 10.8. The van der Waals surface area contributed by atoms with Crippen molar-refractivity contribution >= 4 is 33.4 Å². The van der Waals surface area contributed by atoms with Crippen LogP contribution in [0.15, 0.2) is 58.6 Å². The summed E-state index contributed by atoms with van der Waals surface area (Å²) in [4.78, 5) is 29.7. The SMILES string of the molecule is CCCOc1cccc(/C(O)=C2\C(=O)C(=O)N(CCCN(C)C)C2c2cccc(Br)c2)c1. The maximum absolute atomic E-state index is 13.1. The number of likely N-dealkylation sites (tertiary alicyclic amines) is 1. The van der Waals surface area contributed by atoms with Gasteiger partial charge in [0.1, 0.15) is 11.5 Å². The number of hydrogen-bond acceptors (Lipinski definition) is 5. The Morgan fingerprint density at radius 1 is 1.16 bits per heavy atom. The van der Waals surface area contributed by atoms with E-state index in [0.717, 1.165) is 23.0 Å². The van der Waals surface area contributed by atoms with E-state index in [1.807, 2.05) is 50.2 Å². The predicted molar refractivity (Wildman–Crippen MR) is 129 cm³/mol. The highest BCUT2D eigenvalue weighted by molar-refractivity contribution is 9.10. The Kier molecular flexibility index (Phi) is 8.10. The van der Waals surface area contributed by atoms with Crippen molar-refractivity contribution in [1.82, 2.24) is 9.80 Å². The van der Waals surface area contributed by atoms with Crippen molar-refractivity contribution in [3.8, 4) is 5.75 Å². The minimum atomic E-state index is -0.669. The van der Waals surface area contributed by atoms with Gasteiger partial charge in [0, 0.05) is 16.6 Å². The molecule has 170 valence electrons. The standard InChI is InChI=1S/C25H29BrN2O4/c1-4-14-32-20-11-6-9-18(16-20)23(29)21-22(17-8-5-10-19(26)15-17)28(25(31)24(21)30)13-7-12-27(2)3/h5-6,8-11,15-16,22,29H,4,7,12-14H2,1-3H3/b23-21+. The summed E-state index contributed by atoms with van der Waals surface area (Å²) in [6, 6.07) is 13.8. The number of ether oxygens (including phenoxy) is 1. The van der Waals surface area contributed by atoms with E-state index in [1.54, 1.807) is 29.2 Å². The van der Waals surface area contributed by atoms with Crippen LogP contribution in [-0.4, -0.2) is 60.4 Å². The number of hydrogen-bond donors (Lipinski definition) is 1. The zero-order valence-corrected chi connectivity index (χ0v) is 20.3. The Hall–Kier alpha value is -2.64. The van der Waals surface area contributed by atoms with Crippen LogP contribution in [0.4, 0.5) is 0 Å². The number of ketones is 1. The highest BCUT2D eigenvalue weighted by atomic mass is 79.9. The quantitative estimate of drug-likeness (QED) is 0.309. The number of nitrogens with zero attached hydrogens (tertiary/aromatic N) is 2. The Bertz CT molecular complexity index is 1020. The molecule has 0 saturated carbocycles. The van der Waals surface area contributed by atoms with Gasteiger partial charge >= 0.3 is 0 Å². The van der Waals surface area contributed by atoms with E-state index in [-0.39, 0.29) is 11.3 Å². The van der Waals surface area contributed by atoms with E-state index in [1.165, 1.54) is 0 Å². The molecule has 0 bridgehead atoms. The van der Waals surface area contributed by atoms with Gasteiger partial charge < -0.3 is 19.6 Å². The summed E-state index contributed by atoms with van der Waals surface area (Å²) in [6.45, 7) is 3.76. The molecule has 0 spiro atoms. The van der Waals surface area contributed by atoms with Crippen molar-refractivity contribution in [3.05, 3.63) is 69.7 Å². The van der Waals surface area contributed by atoms with Crippen molar-refractivity contribution in [1.29, 1.82) is 0 Å². The molecule has 1 saturated heterocycles. The summed E-state index contributed by atoms with van der Waals surface area (Å²) >= 11 is 3.48. The second-order valence-corrected chi connectivity index (χ2v) is 9.00. The van der Waals surface area contributed by atoms with Crippen LogP contribution in [-0.2, 0) is 9.59 Å². The third-order valence-corrected chi connectivity index (χ3v) is 5.78. The molecule has 1 fully saturated rings. The summed E-state index contributed by atoms with van der Waals surface area (Å²) in [5.74, 6) is -0.841. The molecular formula is C25H29BrN2O4. The van der Waals surface area contributed by atoms with Crippen LogP contribution in [0.1, 0.15) is 36.9 Å². The van der Waals surface area contributed by atoms with E-state index in [9.17, 15) is 14.7 Å². The first-order valence-corrected chi connectivity index (χ1v) is 11.5. The van der Waals surface area contributed by atoms with E-state index in [0.29, 0.717) is 30.9 Å². The number of halogens is 1. The van der Waals surface area contributed by atoms with Gasteiger partial charge in [-0.2, -0.15) is 0 Å². The number of aliphatic hydroxyl groups is 1. The fourth-order valence-electron chi connectivity index (χ4n) is 3.80. The summed E-state index contributed by atoms with van der Waals surface area (Å²) in [6.07, 6.45) is 1.57. The van der Waals surface area contributed by atoms with Gasteiger partial charge in [0.05, 0.1) is 18.2 Å². The maximum atomic E-state index is 13.1. The van der Waals surface area contributed by atoms with Crippen molar-refractivity contribution in [3.63, 3.8) is 0 Å². The molecule has 1 unspecified atom stereocenters. The molecule has 1 atom stereocenters. The Labute approximate surface area is 197 Å². The number of aliphatic hydroxyl groups excluding tert-OH is 1. The molecule has 1 amide bonds. The molecule has 0 radical (unpaired) electrons. The Morgan fingerprint density at radius 2 is 1.91 bits per heavy atom. The number of benzene rings is 2. The van der Waals surface area contributed by atoms with Crippen LogP contribution in [0.2, 0.25) is 0 Å². The zero-order valence-electron chi connectivity index (χ0n) is 18.7. The maximum Gasteiger partial charge on any atom is 0.295 e. The molecule has 1 aliphatic heterocycles. The van der Waals surface area contributed by atoms with E-state index in [2.05, 4.69) is 15.9 Å². The molecule has 2 aromatic rings. The van der Waals surface area contributed by atoms with Gasteiger partial charge in [-0.15, -0.1) is 0 Å². The lowest BCUT2D eigenvalue weighted by Crippen LogP contribution is -2.32. The van der Waals surface area contributed by atoms with Gasteiger partial charge in [-0.25, -0.2) is 0 Å². The molecule has 3 rings (SSSR count). The van der Waals surface area contributed by atoms with E-state index < -0.39 is 17.7 Å².